The SMILES string of the molecule is CCOc1ccc(C(=O)N/N=C\c2ccc(C(=O)O)cc2)cc1. The number of carbonyl (C=O) groups is 2. The van der Waals surface area contributed by atoms with E-state index in [1.54, 1.807) is 36.4 Å². The molecule has 6 heteroatoms. The summed E-state index contributed by atoms with van der Waals surface area (Å²) in [4.78, 5) is 22.6. The van der Waals surface area contributed by atoms with Crippen molar-refractivity contribution in [2.24, 2.45) is 5.10 Å². The van der Waals surface area contributed by atoms with Crippen LogP contribution in [0.5, 0.6) is 5.75 Å². The highest BCUT2D eigenvalue weighted by Crippen LogP contribution is 2.11. The van der Waals surface area contributed by atoms with Gasteiger partial charge < -0.3 is 9.84 Å². The van der Waals surface area contributed by atoms with E-state index < -0.39 is 5.97 Å². The third kappa shape index (κ3) is 4.67. The fraction of sp³-hybridized carbons (Fsp3) is 0.118. The first kappa shape index (κ1) is 16.2. The normalized spacial score (nSPS) is 10.5. The number of hydrazone groups is 1. The molecular weight excluding hydrogens is 296 g/mol. The summed E-state index contributed by atoms with van der Waals surface area (Å²) in [6, 6.07) is 12.9. The second kappa shape index (κ2) is 7.74. The first-order valence-corrected chi connectivity index (χ1v) is 6.99. The van der Waals surface area contributed by atoms with Crippen LogP contribution in [0.15, 0.2) is 53.6 Å². The Balaban J connectivity index is 1.93. The minimum absolute atomic E-state index is 0.195. The molecule has 0 aliphatic heterocycles. The van der Waals surface area contributed by atoms with Crippen molar-refractivity contribution < 1.29 is 19.4 Å². The van der Waals surface area contributed by atoms with Gasteiger partial charge in [-0.25, -0.2) is 10.2 Å². The number of nitrogens with one attached hydrogen (secondary N) is 1. The highest BCUT2D eigenvalue weighted by molar-refractivity contribution is 5.95. The van der Waals surface area contributed by atoms with E-state index in [1.807, 2.05) is 6.92 Å². The molecule has 0 aliphatic rings. The van der Waals surface area contributed by atoms with E-state index >= 15 is 0 Å². The average Bonchev–Trinajstić information content (AvgIpc) is 2.56. The van der Waals surface area contributed by atoms with Gasteiger partial charge in [0.25, 0.3) is 5.91 Å². The molecule has 2 aromatic carbocycles. The maximum absolute atomic E-state index is 11.9. The molecular formula is C17H16N2O4. The molecule has 0 radical (unpaired) electrons. The van der Waals surface area contributed by atoms with Gasteiger partial charge in [-0.1, -0.05) is 12.1 Å². The Hall–Kier alpha value is -3.15. The summed E-state index contributed by atoms with van der Waals surface area (Å²) < 4.78 is 5.30. The van der Waals surface area contributed by atoms with Crippen LogP contribution in [0.3, 0.4) is 0 Å². The van der Waals surface area contributed by atoms with Gasteiger partial charge in [-0.2, -0.15) is 5.10 Å². The zero-order chi connectivity index (χ0) is 16.7. The molecule has 1 amide bonds. The van der Waals surface area contributed by atoms with Gasteiger partial charge in [0.15, 0.2) is 0 Å². The highest BCUT2D eigenvalue weighted by Gasteiger charge is 2.04. The number of rotatable bonds is 6. The molecule has 2 rings (SSSR count). The number of carboxylic acid groups (broad SMARTS) is 1. The number of aromatic carboxylic acids is 1. The number of carboxylic acids is 1. The van der Waals surface area contributed by atoms with Gasteiger partial charge in [-0.05, 0) is 48.9 Å². The van der Waals surface area contributed by atoms with Crippen LogP contribution >= 0.6 is 0 Å². The maximum Gasteiger partial charge on any atom is 0.335 e. The average molecular weight is 312 g/mol. The molecule has 23 heavy (non-hydrogen) atoms. The van der Waals surface area contributed by atoms with Crippen molar-refractivity contribution in [1.82, 2.24) is 5.43 Å². The van der Waals surface area contributed by atoms with Gasteiger partial charge in [0.05, 0.1) is 18.4 Å². The van der Waals surface area contributed by atoms with Gasteiger partial charge in [0, 0.05) is 5.56 Å². The predicted octanol–water partition coefficient (Wildman–Crippen LogP) is 2.55. The topological polar surface area (TPSA) is 88.0 Å². The first-order chi connectivity index (χ1) is 11.1. The number of nitrogens with zero attached hydrogens (tertiary/aromatic N) is 1. The number of hydrogen-bond donors (Lipinski definition) is 2. The third-order valence-corrected chi connectivity index (χ3v) is 2.96. The van der Waals surface area contributed by atoms with Crippen molar-refractivity contribution in [3.05, 3.63) is 65.2 Å². The molecule has 0 unspecified atom stereocenters. The molecule has 2 aromatic rings. The van der Waals surface area contributed by atoms with E-state index in [2.05, 4.69) is 10.5 Å². The Morgan fingerprint density at radius 3 is 2.26 bits per heavy atom. The van der Waals surface area contributed by atoms with Crippen LogP contribution < -0.4 is 10.2 Å². The van der Waals surface area contributed by atoms with Crippen LogP contribution in [-0.4, -0.2) is 29.8 Å². The Morgan fingerprint density at radius 2 is 1.70 bits per heavy atom. The lowest BCUT2D eigenvalue weighted by Gasteiger charge is -2.04. The molecule has 0 atom stereocenters. The lowest BCUT2D eigenvalue weighted by molar-refractivity contribution is 0.0696. The monoisotopic (exact) mass is 312 g/mol. The summed E-state index contributed by atoms with van der Waals surface area (Å²) in [6.45, 7) is 2.45. The summed E-state index contributed by atoms with van der Waals surface area (Å²) in [5, 5.41) is 12.7. The molecule has 0 heterocycles. The fourth-order valence-corrected chi connectivity index (χ4v) is 1.81. The van der Waals surface area contributed by atoms with Gasteiger partial charge in [0.2, 0.25) is 0 Å². The zero-order valence-corrected chi connectivity index (χ0v) is 12.5. The summed E-state index contributed by atoms with van der Waals surface area (Å²) in [6.07, 6.45) is 1.44. The summed E-state index contributed by atoms with van der Waals surface area (Å²) in [7, 11) is 0. The summed E-state index contributed by atoms with van der Waals surface area (Å²) >= 11 is 0. The largest absolute Gasteiger partial charge is 0.494 e. The van der Waals surface area contributed by atoms with Crippen LogP contribution in [-0.2, 0) is 0 Å². The van der Waals surface area contributed by atoms with Crippen molar-refractivity contribution in [3.8, 4) is 5.75 Å². The van der Waals surface area contributed by atoms with Gasteiger partial charge in [-0.3, -0.25) is 4.79 Å². The smallest absolute Gasteiger partial charge is 0.335 e. The molecule has 6 nitrogen and oxygen atoms in total. The lowest BCUT2D eigenvalue weighted by Crippen LogP contribution is -2.17. The maximum atomic E-state index is 11.9. The van der Waals surface area contributed by atoms with E-state index in [-0.39, 0.29) is 11.5 Å². The Labute approximate surface area is 133 Å². The second-order valence-corrected chi connectivity index (χ2v) is 4.58. The van der Waals surface area contributed by atoms with Crippen molar-refractivity contribution in [1.29, 1.82) is 0 Å². The van der Waals surface area contributed by atoms with Crippen LogP contribution in [0.4, 0.5) is 0 Å². The second-order valence-electron chi connectivity index (χ2n) is 4.58. The van der Waals surface area contributed by atoms with Crippen LogP contribution in [0.1, 0.15) is 33.2 Å². The molecule has 0 spiro atoms. The van der Waals surface area contributed by atoms with E-state index in [0.29, 0.717) is 23.5 Å². The van der Waals surface area contributed by atoms with Crippen LogP contribution in [0.25, 0.3) is 0 Å². The van der Waals surface area contributed by atoms with Gasteiger partial charge in [-0.15, -0.1) is 0 Å². The minimum Gasteiger partial charge on any atom is -0.494 e. The van der Waals surface area contributed by atoms with Crippen molar-refractivity contribution >= 4 is 18.1 Å². The predicted molar refractivity (Wildman–Crippen MR) is 86.1 cm³/mol. The Morgan fingerprint density at radius 1 is 1.09 bits per heavy atom. The fourth-order valence-electron chi connectivity index (χ4n) is 1.81. The molecule has 118 valence electrons. The molecule has 0 saturated heterocycles. The molecule has 0 aromatic heterocycles. The lowest BCUT2D eigenvalue weighted by atomic mass is 10.1. The molecule has 2 N–H and O–H groups in total. The number of benzene rings is 2. The zero-order valence-electron chi connectivity index (χ0n) is 12.5. The van der Waals surface area contributed by atoms with Crippen molar-refractivity contribution in [2.75, 3.05) is 6.61 Å². The minimum atomic E-state index is -0.989. The van der Waals surface area contributed by atoms with Gasteiger partial charge >= 0.3 is 5.97 Å². The third-order valence-electron chi connectivity index (χ3n) is 2.96. The molecule has 0 bridgehead atoms. The number of ether oxygens (including phenoxy) is 1. The quantitative estimate of drug-likeness (QED) is 0.634. The highest BCUT2D eigenvalue weighted by atomic mass is 16.5. The van der Waals surface area contributed by atoms with Crippen LogP contribution in [0, 0.1) is 0 Å². The number of hydrogen-bond acceptors (Lipinski definition) is 4. The van der Waals surface area contributed by atoms with Gasteiger partial charge in [0.1, 0.15) is 5.75 Å². The number of carbonyl (C=O) groups excluding carboxylic acids is 1. The van der Waals surface area contributed by atoms with E-state index in [9.17, 15) is 9.59 Å². The summed E-state index contributed by atoms with van der Waals surface area (Å²) in [5.74, 6) is -0.630. The van der Waals surface area contributed by atoms with Crippen LogP contribution in [0.2, 0.25) is 0 Å². The molecule has 0 aliphatic carbocycles. The first-order valence-electron chi connectivity index (χ1n) is 6.99. The standard InChI is InChI=1S/C17H16N2O4/c1-2-23-15-9-7-13(8-10-15)16(20)19-18-11-12-3-5-14(6-4-12)17(21)22/h3-11H,2H2,1H3,(H,19,20)(H,21,22)/b18-11-. The Bertz CT molecular complexity index is 706. The van der Waals surface area contributed by atoms with E-state index in [4.69, 9.17) is 9.84 Å². The van der Waals surface area contributed by atoms with E-state index in [1.165, 1.54) is 18.3 Å². The molecule has 0 fully saturated rings. The van der Waals surface area contributed by atoms with E-state index in [0.717, 1.165) is 0 Å². The summed E-state index contributed by atoms with van der Waals surface area (Å²) in [5.41, 5.74) is 3.75. The number of amides is 1. The molecule has 0 saturated carbocycles. The van der Waals surface area contributed by atoms with Crippen molar-refractivity contribution in [2.45, 2.75) is 6.92 Å². The Kier molecular flexibility index (Phi) is 5.46. The van der Waals surface area contributed by atoms with Crippen molar-refractivity contribution in [3.63, 3.8) is 0 Å².